The Morgan fingerprint density at radius 2 is 1.09 bits per heavy atom. The molecule has 0 aliphatic heterocycles. The van der Waals surface area contributed by atoms with Gasteiger partial charge >= 0.3 is 0 Å². The Hall–Kier alpha value is -5.94. The van der Waals surface area contributed by atoms with E-state index in [1.54, 1.807) is 0 Å². The lowest BCUT2D eigenvalue weighted by Crippen LogP contribution is -1.95. The van der Waals surface area contributed by atoms with Crippen LogP contribution in [-0.4, -0.2) is 23.5 Å². The van der Waals surface area contributed by atoms with Crippen molar-refractivity contribution in [1.29, 1.82) is 0 Å². The van der Waals surface area contributed by atoms with Crippen molar-refractivity contribution in [1.82, 2.24) is 23.5 Å². The Kier molecular flexibility index (Phi) is 4.39. The van der Waals surface area contributed by atoms with Crippen molar-refractivity contribution in [2.45, 2.75) is 0 Å². The van der Waals surface area contributed by atoms with Gasteiger partial charge < -0.3 is 9.13 Å². The van der Waals surface area contributed by atoms with Gasteiger partial charge in [0.2, 0.25) is 0 Å². The summed E-state index contributed by atoms with van der Waals surface area (Å²) in [5.74, 6) is 0. The highest BCUT2D eigenvalue weighted by Crippen LogP contribution is 2.43. The number of nitrogens with zero attached hydrogens (tertiary/aromatic N) is 5. The van der Waals surface area contributed by atoms with Crippen LogP contribution in [0.5, 0.6) is 0 Å². The fourth-order valence-electron chi connectivity index (χ4n) is 7.19. The summed E-state index contributed by atoms with van der Waals surface area (Å²) in [4.78, 5) is 9.78. The molecule has 0 N–H and O–H groups in total. The first-order valence-corrected chi connectivity index (χ1v) is 14.5. The van der Waals surface area contributed by atoms with Crippen LogP contribution < -0.4 is 0 Å². The monoisotopic (exact) mass is 549 g/mol. The molecule has 10 aromatic rings. The van der Waals surface area contributed by atoms with E-state index in [1.807, 2.05) is 24.7 Å². The molecule has 0 aliphatic rings. The van der Waals surface area contributed by atoms with Crippen molar-refractivity contribution in [3.05, 3.63) is 140 Å². The number of benzene rings is 5. The fourth-order valence-corrected chi connectivity index (χ4v) is 7.19. The highest BCUT2D eigenvalue weighted by atomic mass is 15.0. The molecule has 5 aromatic carbocycles. The average Bonchev–Trinajstić information content (AvgIpc) is 3.77. The zero-order chi connectivity index (χ0) is 28.1. The third-order valence-corrected chi connectivity index (χ3v) is 8.92. The number of aromatic nitrogens is 5. The molecule has 0 fully saturated rings. The van der Waals surface area contributed by atoms with Gasteiger partial charge in [-0.1, -0.05) is 54.6 Å². The van der Waals surface area contributed by atoms with E-state index in [2.05, 4.69) is 129 Å². The zero-order valence-corrected chi connectivity index (χ0v) is 23.0. The second-order valence-corrected chi connectivity index (χ2v) is 11.1. The average molecular weight is 550 g/mol. The maximum absolute atomic E-state index is 4.92. The number of para-hydroxylation sites is 3. The minimum absolute atomic E-state index is 0.942. The third kappa shape index (κ3) is 2.95. The molecule has 10 rings (SSSR count). The van der Waals surface area contributed by atoms with E-state index < -0.39 is 0 Å². The quantitative estimate of drug-likeness (QED) is 0.202. The van der Waals surface area contributed by atoms with Crippen molar-refractivity contribution < 1.29 is 0 Å². The summed E-state index contributed by atoms with van der Waals surface area (Å²) >= 11 is 0. The molecule has 0 aliphatic carbocycles. The second-order valence-electron chi connectivity index (χ2n) is 11.1. The summed E-state index contributed by atoms with van der Waals surface area (Å²) in [5.41, 5.74) is 9.95. The highest BCUT2D eigenvalue weighted by molar-refractivity contribution is 6.30. The summed E-state index contributed by atoms with van der Waals surface area (Å²) in [6, 6.07) is 43.4. The normalized spacial score (nSPS) is 12.2. The van der Waals surface area contributed by atoms with E-state index in [0.29, 0.717) is 0 Å². The van der Waals surface area contributed by atoms with Gasteiger partial charge in [0.15, 0.2) is 0 Å². The second kappa shape index (κ2) is 8.30. The molecular weight excluding hydrogens is 526 g/mol. The first-order valence-electron chi connectivity index (χ1n) is 14.5. The third-order valence-electron chi connectivity index (χ3n) is 8.92. The van der Waals surface area contributed by atoms with Crippen molar-refractivity contribution >= 4 is 71.1 Å². The molecule has 5 heteroatoms. The largest absolute Gasteiger partial charge is 0.309 e. The Morgan fingerprint density at radius 1 is 0.419 bits per heavy atom. The fraction of sp³-hybridized carbons (Fsp3) is 0. The molecule has 0 saturated carbocycles. The minimum atomic E-state index is 0.942. The first-order chi connectivity index (χ1) is 21.4. The summed E-state index contributed by atoms with van der Waals surface area (Å²) in [7, 11) is 0. The van der Waals surface area contributed by atoms with Gasteiger partial charge in [0, 0.05) is 62.3 Å². The molecule has 0 amide bonds. The van der Waals surface area contributed by atoms with Gasteiger partial charge in [-0.25, -0.2) is 4.98 Å². The van der Waals surface area contributed by atoms with Crippen LogP contribution in [0.3, 0.4) is 0 Å². The number of imidazole rings is 1. The molecule has 5 heterocycles. The van der Waals surface area contributed by atoms with Crippen molar-refractivity contribution in [2.24, 2.45) is 0 Å². The van der Waals surface area contributed by atoms with E-state index in [0.717, 1.165) is 44.3 Å². The van der Waals surface area contributed by atoms with Gasteiger partial charge in [-0.3, -0.25) is 9.38 Å². The van der Waals surface area contributed by atoms with Gasteiger partial charge in [-0.2, -0.15) is 0 Å². The summed E-state index contributed by atoms with van der Waals surface area (Å²) in [5, 5.41) is 7.08. The maximum Gasteiger partial charge on any atom is 0.145 e. The van der Waals surface area contributed by atoms with Crippen LogP contribution in [0.25, 0.3) is 82.4 Å². The number of rotatable bonds is 2. The van der Waals surface area contributed by atoms with Crippen molar-refractivity contribution in [2.75, 3.05) is 0 Å². The summed E-state index contributed by atoms with van der Waals surface area (Å²) in [6.45, 7) is 0. The van der Waals surface area contributed by atoms with Crippen LogP contribution in [-0.2, 0) is 0 Å². The molecule has 0 radical (unpaired) electrons. The Morgan fingerprint density at radius 3 is 1.91 bits per heavy atom. The smallest absolute Gasteiger partial charge is 0.145 e. The van der Waals surface area contributed by atoms with Crippen LogP contribution in [0.2, 0.25) is 0 Å². The number of pyridine rings is 2. The topological polar surface area (TPSA) is 40.0 Å². The molecular formula is C38H23N5. The molecule has 200 valence electrons. The van der Waals surface area contributed by atoms with E-state index in [1.165, 1.54) is 38.1 Å². The lowest BCUT2D eigenvalue weighted by molar-refractivity contribution is 1.17. The van der Waals surface area contributed by atoms with Gasteiger partial charge in [0.25, 0.3) is 0 Å². The van der Waals surface area contributed by atoms with Gasteiger partial charge in [-0.15, -0.1) is 0 Å². The Labute approximate surface area is 245 Å². The SMILES string of the molecule is c1ccc(-n2c3ccccc3c3cc4c(cc32)c2c3c(ccc2n4-c2ccccc2)c2ncccc2n2ccnc32)cc1. The predicted molar refractivity (Wildman–Crippen MR) is 177 cm³/mol. The van der Waals surface area contributed by atoms with E-state index in [9.17, 15) is 0 Å². The van der Waals surface area contributed by atoms with E-state index in [-0.39, 0.29) is 0 Å². The molecule has 0 atom stereocenters. The van der Waals surface area contributed by atoms with Gasteiger partial charge in [0.1, 0.15) is 5.65 Å². The van der Waals surface area contributed by atoms with Gasteiger partial charge in [0.05, 0.1) is 33.1 Å². The van der Waals surface area contributed by atoms with Crippen molar-refractivity contribution in [3.63, 3.8) is 0 Å². The number of hydrogen-bond donors (Lipinski definition) is 0. The summed E-state index contributed by atoms with van der Waals surface area (Å²) < 4.78 is 6.97. The lowest BCUT2D eigenvalue weighted by atomic mass is 10.0. The standard InChI is InChI=1S/C38H23N5/c1-3-10-24(11-4-1)42-30-15-8-7-14-26(30)28-22-34-29(23-33(28)42)35-31(43(34)25-12-5-2-6-13-25)18-17-27-36(35)38-40-20-21-41(38)32-16-9-19-39-37(27)32/h1-23H. The Balaban J connectivity index is 1.50. The predicted octanol–water partition coefficient (Wildman–Crippen LogP) is 9.23. The molecule has 5 aromatic heterocycles. The van der Waals surface area contributed by atoms with Gasteiger partial charge in [-0.05, 0) is 66.7 Å². The minimum Gasteiger partial charge on any atom is -0.309 e. The van der Waals surface area contributed by atoms with Crippen molar-refractivity contribution in [3.8, 4) is 11.4 Å². The van der Waals surface area contributed by atoms with Crippen LogP contribution in [0.15, 0.2) is 140 Å². The molecule has 43 heavy (non-hydrogen) atoms. The van der Waals surface area contributed by atoms with E-state index >= 15 is 0 Å². The van der Waals surface area contributed by atoms with Crippen LogP contribution in [0.4, 0.5) is 0 Å². The van der Waals surface area contributed by atoms with Crippen LogP contribution >= 0.6 is 0 Å². The number of hydrogen-bond acceptors (Lipinski definition) is 2. The van der Waals surface area contributed by atoms with Crippen LogP contribution in [0.1, 0.15) is 0 Å². The Bertz CT molecular complexity index is 2710. The van der Waals surface area contributed by atoms with Crippen LogP contribution in [0, 0.1) is 0 Å². The summed E-state index contributed by atoms with van der Waals surface area (Å²) in [6.07, 6.45) is 5.81. The molecule has 0 spiro atoms. The first kappa shape index (κ1) is 22.7. The maximum atomic E-state index is 4.92. The molecule has 0 bridgehead atoms. The number of fused-ring (bicyclic) bond motifs is 13. The lowest BCUT2D eigenvalue weighted by Gasteiger charge is -2.10. The molecule has 5 nitrogen and oxygen atoms in total. The zero-order valence-electron chi connectivity index (χ0n) is 23.0. The molecule has 0 saturated heterocycles. The molecule has 0 unspecified atom stereocenters. The van der Waals surface area contributed by atoms with E-state index in [4.69, 9.17) is 9.97 Å². The highest BCUT2D eigenvalue weighted by Gasteiger charge is 2.22.